The third-order valence-electron chi connectivity index (χ3n) is 2.41. The molecule has 3 N–H and O–H groups in total. The maximum atomic E-state index is 13.1. The average Bonchev–Trinajstić information content (AvgIpc) is 2.16. The number of alkyl halides is 1. The van der Waals surface area contributed by atoms with Gasteiger partial charge in [0.15, 0.2) is 0 Å². The van der Waals surface area contributed by atoms with Crippen LogP contribution in [0.1, 0.15) is 37.1 Å². The van der Waals surface area contributed by atoms with Crippen LogP contribution in [0.25, 0.3) is 0 Å². The van der Waals surface area contributed by atoms with Crippen molar-refractivity contribution in [2.75, 3.05) is 6.54 Å². The maximum Gasteiger partial charge on any atom is 0.126 e. The zero-order valence-electron chi connectivity index (χ0n) is 8.50. The Bertz CT molecular complexity index is 312. The van der Waals surface area contributed by atoms with Crippen LogP contribution in [-0.2, 0) is 0 Å². The summed E-state index contributed by atoms with van der Waals surface area (Å²) in [5, 5.41) is 9.77. The number of para-hydroxylation sites is 1. The lowest BCUT2D eigenvalue weighted by Crippen LogP contribution is -2.09. The van der Waals surface area contributed by atoms with Gasteiger partial charge in [0.1, 0.15) is 11.9 Å². The molecule has 0 heterocycles. The number of hydrogen-bond donors (Lipinski definition) is 2. The molecule has 0 aromatic heterocycles. The second-order valence-electron chi connectivity index (χ2n) is 3.54. The second kappa shape index (κ2) is 4.42. The van der Waals surface area contributed by atoms with E-state index in [4.69, 9.17) is 5.73 Å². The van der Waals surface area contributed by atoms with Crippen molar-refractivity contribution in [3.63, 3.8) is 0 Å². The minimum absolute atomic E-state index is 0.0421. The van der Waals surface area contributed by atoms with Gasteiger partial charge in [-0.1, -0.05) is 25.1 Å². The van der Waals surface area contributed by atoms with Gasteiger partial charge in [0, 0.05) is 5.56 Å². The zero-order chi connectivity index (χ0) is 10.7. The number of halogens is 1. The van der Waals surface area contributed by atoms with Crippen molar-refractivity contribution >= 4 is 0 Å². The van der Waals surface area contributed by atoms with Crippen molar-refractivity contribution in [3.8, 4) is 5.75 Å². The first kappa shape index (κ1) is 11.0. The van der Waals surface area contributed by atoms with Crippen LogP contribution in [0.2, 0.25) is 0 Å². The largest absolute Gasteiger partial charge is 0.507 e. The molecule has 3 heteroatoms. The lowest BCUT2D eigenvalue weighted by Gasteiger charge is -2.14. The summed E-state index contributed by atoms with van der Waals surface area (Å²) >= 11 is 0. The third kappa shape index (κ3) is 2.04. The first-order valence-corrected chi connectivity index (χ1v) is 4.73. The minimum atomic E-state index is -1.15. The van der Waals surface area contributed by atoms with Crippen LogP contribution in [-0.4, -0.2) is 11.7 Å². The molecule has 0 aliphatic rings. The molecule has 0 radical (unpaired) electrons. The molecule has 14 heavy (non-hydrogen) atoms. The monoisotopic (exact) mass is 197 g/mol. The Morgan fingerprint density at radius 1 is 1.36 bits per heavy atom. The van der Waals surface area contributed by atoms with Crippen molar-refractivity contribution in [2.24, 2.45) is 5.73 Å². The van der Waals surface area contributed by atoms with E-state index < -0.39 is 6.17 Å². The van der Waals surface area contributed by atoms with Crippen molar-refractivity contribution in [3.05, 3.63) is 29.3 Å². The van der Waals surface area contributed by atoms with E-state index >= 15 is 0 Å². The highest BCUT2D eigenvalue weighted by Crippen LogP contribution is 2.33. The molecule has 0 aliphatic heterocycles. The molecule has 0 fully saturated rings. The van der Waals surface area contributed by atoms with E-state index in [2.05, 4.69) is 0 Å². The van der Waals surface area contributed by atoms with Crippen LogP contribution < -0.4 is 5.73 Å². The van der Waals surface area contributed by atoms with Gasteiger partial charge in [-0.15, -0.1) is 0 Å². The first-order chi connectivity index (χ1) is 6.57. The van der Waals surface area contributed by atoms with Gasteiger partial charge in [-0.05, 0) is 24.9 Å². The Kier molecular flexibility index (Phi) is 3.47. The van der Waals surface area contributed by atoms with Gasteiger partial charge in [-0.3, -0.25) is 0 Å². The lowest BCUT2D eigenvalue weighted by atomic mass is 9.96. The van der Waals surface area contributed by atoms with Crippen LogP contribution in [0, 0.1) is 0 Å². The molecule has 0 bridgehead atoms. The number of phenolic OH excluding ortho intramolecular Hbond substituents is 1. The van der Waals surface area contributed by atoms with E-state index in [1.165, 1.54) is 6.92 Å². The lowest BCUT2D eigenvalue weighted by molar-refractivity contribution is 0.354. The van der Waals surface area contributed by atoms with E-state index in [0.29, 0.717) is 12.1 Å². The molecule has 2 nitrogen and oxygen atoms in total. The summed E-state index contributed by atoms with van der Waals surface area (Å²) in [5.74, 6) is 0.0918. The molecule has 1 aromatic carbocycles. The zero-order valence-corrected chi connectivity index (χ0v) is 8.50. The molecule has 1 aromatic rings. The summed E-state index contributed by atoms with van der Waals surface area (Å²) in [5.41, 5.74) is 6.55. The number of phenols is 1. The van der Waals surface area contributed by atoms with Crippen molar-refractivity contribution in [1.82, 2.24) is 0 Å². The van der Waals surface area contributed by atoms with Gasteiger partial charge < -0.3 is 10.8 Å². The van der Waals surface area contributed by atoms with E-state index in [1.54, 1.807) is 18.2 Å². The van der Waals surface area contributed by atoms with E-state index in [1.807, 2.05) is 6.92 Å². The van der Waals surface area contributed by atoms with Gasteiger partial charge >= 0.3 is 0 Å². The summed E-state index contributed by atoms with van der Waals surface area (Å²) in [7, 11) is 0. The van der Waals surface area contributed by atoms with Crippen LogP contribution in [0.4, 0.5) is 4.39 Å². The minimum Gasteiger partial charge on any atom is -0.507 e. The van der Waals surface area contributed by atoms with Gasteiger partial charge in [-0.25, -0.2) is 4.39 Å². The van der Waals surface area contributed by atoms with E-state index in [-0.39, 0.29) is 11.7 Å². The molecule has 0 aliphatic carbocycles. The number of nitrogens with two attached hydrogens (primary N) is 1. The molecule has 0 saturated carbocycles. The van der Waals surface area contributed by atoms with Gasteiger partial charge in [0.25, 0.3) is 0 Å². The topological polar surface area (TPSA) is 46.2 Å². The Hall–Kier alpha value is -1.09. The Morgan fingerprint density at radius 2 is 1.93 bits per heavy atom. The molecule has 2 unspecified atom stereocenters. The molecule has 0 spiro atoms. The van der Waals surface area contributed by atoms with Crippen molar-refractivity contribution < 1.29 is 9.50 Å². The van der Waals surface area contributed by atoms with Crippen LogP contribution in [0.5, 0.6) is 5.75 Å². The fraction of sp³-hybridized carbons (Fsp3) is 0.455. The Morgan fingerprint density at radius 3 is 2.43 bits per heavy atom. The number of benzene rings is 1. The smallest absolute Gasteiger partial charge is 0.126 e. The number of rotatable bonds is 3. The summed E-state index contributed by atoms with van der Waals surface area (Å²) in [6.07, 6.45) is -1.15. The average molecular weight is 197 g/mol. The van der Waals surface area contributed by atoms with E-state index in [0.717, 1.165) is 5.56 Å². The third-order valence-corrected chi connectivity index (χ3v) is 2.41. The fourth-order valence-corrected chi connectivity index (χ4v) is 1.43. The standard InChI is InChI=1S/C11H16FNO/c1-7(6-13)9-4-3-5-10(8(2)12)11(9)14/h3-5,7-8,14H,6,13H2,1-2H3. The van der Waals surface area contributed by atoms with Crippen LogP contribution in [0.15, 0.2) is 18.2 Å². The second-order valence-corrected chi connectivity index (χ2v) is 3.54. The maximum absolute atomic E-state index is 13.1. The summed E-state index contributed by atoms with van der Waals surface area (Å²) < 4.78 is 13.1. The quantitative estimate of drug-likeness (QED) is 0.782. The summed E-state index contributed by atoms with van der Waals surface area (Å²) in [4.78, 5) is 0. The highest BCUT2D eigenvalue weighted by atomic mass is 19.1. The van der Waals surface area contributed by atoms with Gasteiger partial charge in [0.2, 0.25) is 0 Å². The van der Waals surface area contributed by atoms with Gasteiger partial charge in [0.05, 0.1) is 0 Å². The molecule has 78 valence electrons. The molecule has 2 atom stereocenters. The van der Waals surface area contributed by atoms with Crippen molar-refractivity contribution in [2.45, 2.75) is 25.9 Å². The SMILES string of the molecule is CC(F)c1cccc(C(C)CN)c1O. The van der Waals surface area contributed by atoms with E-state index in [9.17, 15) is 9.50 Å². The van der Waals surface area contributed by atoms with Crippen LogP contribution >= 0.6 is 0 Å². The predicted molar refractivity (Wildman–Crippen MR) is 55.1 cm³/mol. The Labute approximate surface area is 83.6 Å². The molecule has 1 rings (SSSR count). The van der Waals surface area contributed by atoms with Gasteiger partial charge in [-0.2, -0.15) is 0 Å². The molecular formula is C11H16FNO. The summed E-state index contributed by atoms with van der Waals surface area (Å²) in [6.45, 7) is 3.76. The molecule has 0 saturated heterocycles. The first-order valence-electron chi connectivity index (χ1n) is 4.73. The van der Waals surface area contributed by atoms with Crippen LogP contribution in [0.3, 0.4) is 0 Å². The molecular weight excluding hydrogens is 181 g/mol. The summed E-state index contributed by atoms with van der Waals surface area (Å²) in [6, 6.07) is 5.11. The van der Waals surface area contributed by atoms with Crippen molar-refractivity contribution in [1.29, 1.82) is 0 Å². The Balaban J connectivity index is 3.13. The highest BCUT2D eigenvalue weighted by Gasteiger charge is 2.15. The number of aromatic hydroxyl groups is 1. The predicted octanol–water partition coefficient (Wildman–Crippen LogP) is 2.48. The molecule has 0 amide bonds. The number of hydrogen-bond acceptors (Lipinski definition) is 2. The fourth-order valence-electron chi connectivity index (χ4n) is 1.43. The highest BCUT2D eigenvalue weighted by molar-refractivity contribution is 5.43. The normalized spacial score (nSPS) is 15.1.